The van der Waals surface area contributed by atoms with Crippen LogP contribution in [0.25, 0.3) is 0 Å². The lowest BCUT2D eigenvalue weighted by molar-refractivity contribution is -0.137. The molecule has 0 unspecified atom stereocenters. The second-order valence-corrected chi connectivity index (χ2v) is 2.13. The fourth-order valence-electron chi connectivity index (χ4n) is 0. The molecule has 0 bridgehead atoms. The molecular weight excluding hydrogens is 264 g/mol. The molecule has 0 atom stereocenters. The van der Waals surface area contributed by atoms with Gasteiger partial charge in [-0.15, -0.1) is 16.9 Å². The molecule has 0 radical (unpaired) electrons. The Hall–Kier alpha value is -2.31. The maximum absolute atomic E-state index is 9.59. The normalized spacial score (nSPS) is 5.50. The van der Waals surface area contributed by atoms with Crippen LogP contribution in [0.2, 0.25) is 0 Å². The lowest BCUT2D eigenvalue weighted by atomic mass is 10.8. The molecule has 7 nitrogen and oxygen atoms in total. The van der Waals surface area contributed by atoms with Crippen LogP contribution in [0.15, 0.2) is 35.8 Å². The molecule has 0 aromatic carbocycles. The van der Waals surface area contributed by atoms with Crippen molar-refractivity contribution in [1.82, 2.24) is 0 Å². The number of nitrogens with zero attached hydrogens (tertiary/aromatic N) is 2. The van der Waals surface area contributed by atoms with Crippen LogP contribution in [0, 0.1) is 0 Å². The van der Waals surface area contributed by atoms with Gasteiger partial charge in [-0.05, 0) is 6.92 Å². The fourth-order valence-corrected chi connectivity index (χ4v) is 0. The molecule has 0 amide bonds. The third-order valence-electron chi connectivity index (χ3n) is 0.712. The van der Waals surface area contributed by atoms with Gasteiger partial charge >= 0.3 is 5.97 Å². The van der Waals surface area contributed by atoms with Gasteiger partial charge in [0.15, 0.2) is 0 Å². The Morgan fingerprint density at radius 1 is 1.00 bits per heavy atom. The summed E-state index contributed by atoms with van der Waals surface area (Å²) in [6.45, 7) is 15.9. The Kier molecular flexibility index (Phi) is 83.2. The van der Waals surface area contributed by atoms with Gasteiger partial charge in [0.05, 0.1) is 20.5 Å². The van der Waals surface area contributed by atoms with E-state index in [1.165, 1.54) is 34.5 Å². The van der Waals surface area contributed by atoms with Gasteiger partial charge < -0.3 is 19.1 Å². The summed E-state index contributed by atoms with van der Waals surface area (Å²) in [5, 5.41) is 5.97. The molecule has 0 fully saturated rings. The Morgan fingerprint density at radius 2 is 1.15 bits per heavy atom. The van der Waals surface area contributed by atoms with Crippen LogP contribution in [0.4, 0.5) is 0 Å². The van der Waals surface area contributed by atoms with Crippen LogP contribution >= 0.6 is 0 Å². The molecular formula is C13H28N2O5. The van der Waals surface area contributed by atoms with E-state index in [2.05, 4.69) is 56.1 Å². The van der Waals surface area contributed by atoms with Gasteiger partial charge in [0.25, 0.3) is 0 Å². The average molecular weight is 292 g/mol. The van der Waals surface area contributed by atoms with Gasteiger partial charge in [0.1, 0.15) is 14.2 Å². The zero-order valence-electron chi connectivity index (χ0n) is 13.4. The molecule has 0 spiro atoms. The van der Waals surface area contributed by atoms with Crippen molar-refractivity contribution in [3.8, 4) is 0 Å². The number of esters is 1. The average Bonchev–Trinajstić information content (AvgIpc) is 2.48. The van der Waals surface area contributed by atoms with Crippen molar-refractivity contribution in [3.63, 3.8) is 0 Å². The summed E-state index contributed by atoms with van der Waals surface area (Å²) in [6.07, 6.45) is 3.12. The highest BCUT2D eigenvalue weighted by Crippen LogP contribution is 1.60. The number of hydrogen-bond acceptors (Lipinski definition) is 7. The first-order valence-electron chi connectivity index (χ1n) is 5.17. The molecule has 20 heavy (non-hydrogen) atoms. The molecule has 0 N–H and O–H groups in total. The number of oxime groups is 2. The summed E-state index contributed by atoms with van der Waals surface area (Å²) in [5.74, 6) is -0.245. The van der Waals surface area contributed by atoms with E-state index in [9.17, 15) is 4.79 Å². The van der Waals surface area contributed by atoms with Gasteiger partial charge in [-0.3, -0.25) is 4.79 Å². The van der Waals surface area contributed by atoms with E-state index < -0.39 is 0 Å². The molecule has 0 saturated carbocycles. The highest BCUT2D eigenvalue weighted by molar-refractivity contribution is 5.65. The summed E-state index contributed by atoms with van der Waals surface area (Å²) in [7, 11) is 5.81. The van der Waals surface area contributed by atoms with Crippen molar-refractivity contribution in [2.75, 3.05) is 28.4 Å². The van der Waals surface area contributed by atoms with E-state index >= 15 is 0 Å². The first kappa shape index (κ1) is 30.6. The third-order valence-corrected chi connectivity index (χ3v) is 0.712. The molecule has 0 heterocycles. The minimum Gasteiger partial charge on any atom is -0.505 e. The van der Waals surface area contributed by atoms with Crippen LogP contribution in [-0.2, 0) is 23.9 Å². The first-order valence-corrected chi connectivity index (χ1v) is 5.17. The maximum Gasteiger partial charge on any atom is 0.302 e. The van der Waals surface area contributed by atoms with E-state index in [1.54, 1.807) is 13.2 Å². The Morgan fingerprint density at radius 3 is 1.15 bits per heavy atom. The standard InChI is InChI=1S/C3H6O2.C3H6O.C3H6.2C2H5NO/c1-3(4)5-2;1-3-4-2;1-3-2;2*1-3-4-2/h1-2H3;3H,1H2,2H3;3H,1H2,2H3;2*1H2,2H3. The van der Waals surface area contributed by atoms with Gasteiger partial charge in [0.2, 0.25) is 0 Å². The second-order valence-electron chi connectivity index (χ2n) is 2.13. The van der Waals surface area contributed by atoms with Gasteiger partial charge in [-0.2, -0.15) is 0 Å². The Labute approximate surface area is 122 Å². The molecule has 0 saturated heterocycles. The molecule has 0 aliphatic rings. The summed E-state index contributed by atoms with van der Waals surface area (Å²) in [6, 6.07) is 0. The smallest absolute Gasteiger partial charge is 0.302 e. The van der Waals surface area contributed by atoms with E-state index in [-0.39, 0.29) is 5.97 Å². The Balaban J connectivity index is -0.0000000473. The van der Waals surface area contributed by atoms with Crippen LogP contribution in [0.5, 0.6) is 0 Å². The van der Waals surface area contributed by atoms with Crippen LogP contribution in [0.1, 0.15) is 13.8 Å². The minimum atomic E-state index is -0.245. The molecule has 0 aromatic rings. The van der Waals surface area contributed by atoms with Crippen molar-refractivity contribution in [2.45, 2.75) is 13.8 Å². The Bertz CT molecular complexity index is 190. The quantitative estimate of drug-likeness (QED) is 0.263. The monoisotopic (exact) mass is 292 g/mol. The van der Waals surface area contributed by atoms with Crippen molar-refractivity contribution in [1.29, 1.82) is 0 Å². The number of methoxy groups -OCH3 is 2. The van der Waals surface area contributed by atoms with E-state index in [0.29, 0.717) is 0 Å². The number of ether oxygens (including phenoxy) is 2. The lowest BCUT2D eigenvalue weighted by Gasteiger charge is -1.80. The SMILES string of the molecule is C=CC.C=COC.C=NOC.C=NOC.COC(C)=O. The molecule has 0 rings (SSSR count). The number of carbonyl (C=O) groups excluding carboxylic acids is 1. The maximum atomic E-state index is 9.59. The van der Waals surface area contributed by atoms with Gasteiger partial charge in [-0.1, -0.05) is 12.7 Å². The molecule has 120 valence electrons. The lowest BCUT2D eigenvalue weighted by Crippen LogP contribution is -1.88. The zero-order valence-corrected chi connectivity index (χ0v) is 13.4. The third kappa shape index (κ3) is 468. The second kappa shape index (κ2) is 54.4. The van der Waals surface area contributed by atoms with Crippen molar-refractivity contribution < 1.29 is 23.9 Å². The summed E-state index contributed by atoms with van der Waals surface area (Å²) >= 11 is 0. The van der Waals surface area contributed by atoms with E-state index in [1.807, 2.05) is 6.92 Å². The predicted octanol–water partition coefficient (Wildman–Crippen LogP) is 2.64. The van der Waals surface area contributed by atoms with Crippen LogP contribution in [-0.4, -0.2) is 47.8 Å². The first-order chi connectivity index (χ1) is 9.43. The molecule has 0 aliphatic heterocycles. The van der Waals surface area contributed by atoms with Crippen molar-refractivity contribution >= 4 is 19.4 Å². The summed E-state index contributed by atoms with van der Waals surface area (Å²) in [5.41, 5.74) is 0. The summed E-state index contributed by atoms with van der Waals surface area (Å²) < 4.78 is 8.42. The minimum absolute atomic E-state index is 0.245. The molecule has 0 aromatic heterocycles. The van der Waals surface area contributed by atoms with Crippen LogP contribution < -0.4 is 0 Å². The van der Waals surface area contributed by atoms with E-state index in [4.69, 9.17) is 0 Å². The number of hydrogen-bond donors (Lipinski definition) is 0. The molecule has 7 heteroatoms. The predicted molar refractivity (Wildman–Crippen MR) is 83.9 cm³/mol. The van der Waals surface area contributed by atoms with Gasteiger partial charge in [0, 0.05) is 20.4 Å². The largest absolute Gasteiger partial charge is 0.505 e. The van der Waals surface area contributed by atoms with Crippen molar-refractivity contribution in [2.24, 2.45) is 10.3 Å². The number of allylic oxidation sites excluding steroid dienone is 1. The van der Waals surface area contributed by atoms with Crippen molar-refractivity contribution in [3.05, 3.63) is 25.5 Å². The fraction of sp³-hybridized carbons (Fsp3) is 0.462. The highest BCUT2D eigenvalue weighted by atomic mass is 16.6. The number of carbonyl (C=O) groups is 1. The zero-order chi connectivity index (χ0) is 17.2. The summed E-state index contributed by atoms with van der Waals surface area (Å²) in [4.78, 5) is 17.7. The molecule has 0 aliphatic carbocycles. The van der Waals surface area contributed by atoms with Gasteiger partial charge in [-0.25, -0.2) is 0 Å². The van der Waals surface area contributed by atoms with Crippen LogP contribution in [0.3, 0.4) is 0 Å². The van der Waals surface area contributed by atoms with E-state index in [0.717, 1.165) is 0 Å². The number of rotatable bonds is 3. The topological polar surface area (TPSA) is 78.7 Å². The highest BCUT2D eigenvalue weighted by Gasteiger charge is 1.75.